The number of benzene rings is 1. The van der Waals surface area contributed by atoms with Crippen molar-refractivity contribution in [3.63, 3.8) is 0 Å². The Morgan fingerprint density at radius 1 is 1.10 bits per heavy atom. The Bertz CT molecular complexity index is 1280. The third kappa shape index (κ3) is 9.19. The molecule has 0 radical (unpaired) electrons. The second-order valence-electron chi connectivity index (χ2n) is 11.1. The van der Waals surface area contributed by atoms with Crippen LogP contribution in [-0.2, 0) is 23.9 Å². The average molecular weight is 566 g/mol. The molecule has 2 amide bonds. The number of aromatic nitrogens is 1. The smallest absolute Gasteiger partial charge is 0.310 e. The van der Waals surface area contributed by atoms with Gasteiger partial charge in [-0.15, -0.1) is 0 Å². The van der Waals surface area contributed by atoms with Crippen LogP contribution in [0, 0.1) is 11.8 Å². The number of nitrogens with zero attached hydrogens (tertiary/aromatic N) is 2. The fraction of sp³-hybridized carbons (Fsp3) is 0.516. The Morgan fingerprint density at radius 2 is 1.85 bits per heavy atom. The van der Waals surface area contributed by atoms with E-state index in [1.165, 1.54) is 11.9 Å². The Kier molecular flexibility index (Phi) is 11.5. The van der Waals surface area contributed by atoms with Crippen LogP contribution in [0.1, 0.15) is 71.2 Å². The SMILES string of the molecule is CC(=O)CCC1C/C=C/c2cc3cc(ccc3cn2)[C@@H](C)NCCNN(C)C(=O)C(C)NC(=O)C(C(C)C)OC1=O. The van der Waals surface area contributed by atoms with Gasteiger partial charge in [-0.3, -0.25) is 24.4 Å². The number of cyclic esters (lactones) is 1. The van der Waals surface area contributed by atoms with E-state index in [1.807, 2.05) is 30.5 Å². The minimum Gasteiger partial charge on any atom is -0.452 e. The highest BCUT2D eigenvalue weighted by molar-refractivity contribution is 5.90. The molecule has 0 saturated heterocycles. The zero-order valence-corrected chi connectivity index (χ0v) is 24.9. The molecular weight excluding hydrogens is 522 g/mol. The number of ketones is 1. The van der Waals surface area contributed by atoms with Gasteiger partial charge in [0.2, 0.25) is 0 Å². The molecule has 0 fully saturated rings. The maximum atomic E-state index is 13.3. The number of pyridine rings is 1. The van der Waals surface area contributed by atoms with Crippen molar-refractivity contribution in [2.75, 3.05) is 20.1 Å². The van der Waals surface area contributed by atoms with Crippen molar-refractivity contribution in [3.8, 4) is 0 Å². The Hall–Kier alpha value is -3.63. The fourth-order valence-corrected chi connectivity index (χ4v) is 4.67. The van der Waals surface area contributed by atoms with Crippen LogP contribution in [0.3, 0.4) is 0 Å². The maximum Gasteiger partial charge on any atom is 0.310 e. The molecule has 1 aromatic heterocycles. The van der Waals surface area contributed by atoms with Crippen molar-refractivity contribution >= 4 is 40.4 Å². The van der Waals surface area contributed by atoms with Gasteiger partial charge in [0.05, 0.1) is 11.6 Å². The third-order valence-electron chi connectivity index (χ3n) is 7.25. The number of hydrazine groups is 1. The summed E-state index contributed by atoms with van der Waals surface area (Å²) >= 11 is 0. The van der Waals surface area contributed by atoms with Gasteiger partial charge in [-0.05, 0) is 68.7 Å². The molecule has 222 valence electrons. The zero-order valence-electron chi connectivity index (χ0n) is 24.9. The number of allylic oxidation sites excluding steroid dienone is 1. The minimum atomic E-state index is -1.08. The van der Waals surface area contributed by atoms with E-state index in [1.54, 1.807) is 27.8 Å². The number of ether oxygens (including phenoxy) is 1. The van der Waals surface area contributed by atoms with E-state index < -0.39 is 29.9 Å². The number of Topliss-reactive ketones (excluding diaryl/α,β-unsaturated/α-hetero) is 1. The van der Waals surface area contributed by atoms with Crippen molar-refractivity contribution in [2.24, 2.45) is 11.8 Å². The lowest BCUT2D eigenvalue weighted by Gasteiger charge is -2.27. The molecule has 0 spiro atoms. The number of rotatable bonds is 4. The summed E-state index contributed by atoms with van der Waals surface area (Å²) in [5, 5.41) is 9.58. The van der Waals surface area contributed by atoms with E-state index in [4.69, 9.17) is 4.74 Å². The van der Waals surface area contributed by atoms with Gasteiger partial charge in [0, 0.05) is 44.2 Å². The third-order valence-corrected chi connectivity index (χ3v) is 7.25. The molecule has 0 saturated carbocycles. The highest BCUT2D eigenvalue weighted by atomic mass is 16.5. The fourth-order valence-electron chi connectivity index (χ4n) is 4.67. The van der Waals surface area contributed by atoms with Gasteiger partial charge in [0.25, 0.3) is 11.8 Å². The lowest BCUT2D eigenvalue weighted by Crippen LogP contribution is -2.54. The second-order valence-corrected chi connectivity index (χ2v) is 11.1. The summed E-state index contributed by atoms with van der Waals surface area (Å²) in [6.45, 7) is 9.81. The molecule has 10 nitrogen and oxygen atoms in total. The molecule has 1 aliphatic heterocycles. The molecule has 3 N–H and O–H groups in total. The Labute approximate surface area is 242 Å². The van der Waals surface area contributed by atoms with Crippen molar-refractivity contribution in [1.29, 1.82) is 0 Å². The van der Waals surface area contributed by atoms with Crippen molar-refractivity contribution in [1.82, 2.24) is 26.1 Å². The van der Waals surface area contributed by atoms with Crippen LogP contribution in [-0.4, -0.2) is 65.8 Å². The van der Waals surface area contributed by atoms with Crippen molar-refractivity contribution in [2.45, 2.75) is 72.1 Å². The number of fused-ring (bicyclic) bond motifs is 2. The minimum absolute atomic E-state index is 0.0288. The number of amides is 2. The van der Waals surface area contributed by atoms with Gasteiger partial charge in [-0.2, -0.15) is 0 Å². The number of hydrogen-bond donors (Lipinski definition) is 3. The van der Waals surface area contributed by atoms with Gasteiger partial charge >= 0.3 is 5.97 Å². The Balaban J connectivity index is 1.92. The molecule has 2 aromatic rings. The summed E-state index contributed by atoms with van der Waals surface area (Å²) in [5.41, 5.74) is 4.93. The normalized spacial score (nSPS) is 24.6. The standard InChI is InChI=1S/C31H43N5O5/c1-19(2)28-29(38)35-22(5)30(39)36(6)34-15-14-32-21(4)24-12-13-25-18-33-27(17-26(25)16-24)9-7-8-23(31(40)41-28)11-10-20(3)37/h7,9,12-13,16-19,21-23,28,32,34H,8,10-11,14-15H2,1-6H3,(H,35,38)/b9-7+/t21-,22?,23?,28?/m1/s1. The van der Waals surface area contributed by atoms with E-state index in [0.29, 0.717) is 25.9 Å². The van der Waals surface area contributed by atoms with Crippen LogP contribution in [0.2, 0.25) is 0 Å². The monoisotopic (exact) mass is 565 g/mol. The molecule has 1 aliphatic rings. The van der Waals surface area contributed by atoms with Gasteiger partial charge < -0.3 is 20.2 Å². The number of carbonyl (C=O) groups excluding carboxylic acids is 4. The van der Waals surface area contributed by atoms with Gasteiger partial charge in [-0.25, -0.2) is 5.43 Å². The molecule has 1 aromatic carbocycles. The van der Waals surface area contributed by atoms with Crippen molar-refractivity contribution in [3.05, 3.63) is 47.8 Å². The molecular formula is C31H43N5O5. The highest BCUT2D eigenvalue weighted by Crippen LogP contribution is 2.22. The van der Waals surface area contributed by atoms with E-state index >= 15 is 0 Å². The first kappa shape index (κ1) is 31.9. The van der Waals surface area contributed by atoms with Gasteiger partial charge in [0.15, 0.2) is 6.10 Å². The summed E-state index contributed by atoms with van der Waals surface area (Å²) in [6, 6.07) is 7.48. The molecule has 4 atom stereocenters. The number of hydrogen-bond acceptors (Lipinski definition) is 8. The molecule has 3 rings (SSSR count). The average Bonchev–Trinajstić information content (AvgIpc) is 2.93. The Morgan fingerprint density at radius 3 is 2.56 bits per heavy atom. The molecule has 41 heavy (non-hydrogen) atoms. The topological polar surface area (TPSA) is 130 Å². The van der Waals surface area contributed by atoms with Gasteiger partial charge in [0.1, 0.15) is 11.8 Å². The van der Waals surface area contributed by atoms with Crippen LogP contribution in [0.5, 0.6) is 0 Å². The van der Waals surface area contributed by atoms with Gasteiger partial charge in [-0.1, -0.05) is 32.1 Å². The van der Waals surface area contributed by atoms with Crippen LogP contribution in [0.15, 0.2) is 36.5 Å². The van der Waals surface area contributed by atoms with E-state index in [0.717, 1.165) is 22.0 Å². The first-order valence-corrected chi connectivity index (χ1v) is 14.3. The van der Waals surface area contributed by atoms with E-state index in [-0.39, 0.29) is 30.1 Å². The number of esters is 1. The highest BCUT2D eigenvalue weighted by Gasteiger charge is 2.32. The number of likely N-dealkylation sites (N-methyl/N-ethyl adjacent to an activating group) is 1. The lowest BCUT2D eigenvalue weighted by atomic mass is 9.97. The first-order valence-electron chi connectivity index (χ1n) is 14.3. The zero-order chi connectivity index (χ0) is 30.1. The second kappa shape index (κ2) is 14.8. The number of nitrogens with one attached hydrogen (secondary N) is 3. The molecule has 0 aliphatic carbocycles. The predicted octanol–water partition coefficient (Wildman–Crippen LogP) is 3.32. The largest absolute Gasteiger partial charge is 0.452 e. The summed E-state index contributed by atoms with van der Waals surface area (Å²) in [4.78, 5) is 55.5. The van der Waals surface area contributed by atoms with E-state index in [9.17, 15) is 19.2 Å². The van der Waals surface area contributed by atoms with Crippen LogP contribution < -0.4 is 16.1 Å². The summed E-state index contributed by atoms with van der Waals surface area (Å²) in [7, 11) is 1.61. The molecule has 3 unspecified atom stereocenters. The van der Waals surface area contributed by atoms with Crippen LogP contribution in [0.25, 0.3) is 16.8 Å². The van der Waals surface area contributed by atoms with E-state index in [2.05, 4.69) is 40.1 Å². The molecule has 2 heterocycles. The van der Waals surface area contributed by atoms with Crippen molar-refractivity contribution < 1.29 is 23.9 Å². The number of carbonyl (C=O) groups is 4. The maximum absolute atomic E-state index is 13.3. The molecule has 3 bridgehead atoms. The predicted molar refractivity (Wildman–Crippen MR) is 158 cm³/mol. The van der Waals surface area contributed by atoms with Crippen LogP contribution >= 0.6 is 0 Å². The summed E-state index contributed by atoms with van der Waals surface area (Å²) in [5.74, 6) is -2.39. The van der Waals surface area contributed by atoms with Crippen LogP contribution in [0.4, 0.5) is 0 Å². The first-order chi connectivity index (χ1) is 19.5. The summed E-state index contributed by atoms with van der Waals surface area (Å²) < 4.78 is 5.70. The lowest BCUT2D eigenvalue weighted by molar-refractivity contribution is -0.163. The molecule has 10 heteroatoms. The summed E-state index contributed by atoms with van der Waals surface area (Å²) in [6.07, 6.45) is 5.30. The quantitative estimate of drug-likeness (QED) is 0.482.